The molecule has 10 heteroatoms. The lowest BCUT2D eigenvalue weighted by Gasteiger charge is -2.23. The topological polar surface area (TPSA) is 88.9 Å². The molecular formula is C27H22BrFN6O2. The molecule has 5 aromatic rings. The maximum atomic E-state index is 13.9. The first kappa shape index (κ1) is 23.5. The van der Waals surface area contributed by atoms with Crippen molar-refractivity contribution in [3.05, 3.63) is 106 Å². The lowest BCUT2D eigenvalue weighted by molar-refractivity contribution is -0.128. The Morgan fingerprint density at radius 3 is 2.70 bits per heavy atom. The Morgan fingerprint density at radius 1 is 1.03 bits per heavy atom. The highest BCUT2D eigenvalue weighted by molar-refractivity contribution is 9.10. The second-order valence-electron chi connectivity index (χ2n) is 8.91. The van der Waals surface area contributed by atoms with Crippen LogP contribution in [0, 0.1) is 5.82 Å². The number of aromatic amines is 1. The molecule has 1 aliphatic rings. The van der Waals surface area contributed by atoms with Gasteiger partial charge in [-0.05, 0) is 66.1 Å². The number of fused-ring (bicyclic) bond motifs is 1. The first-order valence-corrected chi connectivity index (χ1v) is 12.6. The van der Waals surface area contributed by atoms with Gasteiger partial charge in [-0.25, -0.2) is 9.07 Å². The molecule has 0 saturated carbocycles. The molecule has 0 aliphatic carbocycles. The van der Waals surface area contributed by atoms with E-state index in [-0.39, 0.29) is 18.3 Å². The fourth-order valence-electron chi connectivity index (χ4n) is 4.58. The van der Waals surface area contributed by atoms with Crippen molar-refractivity contribution in [2.45, 2.75) is 19.1 Å². The van der Waals surface area contributed by atoms with Crippen molar-refractivity contribution in [1.29, 1.82) is 0 Å². The number of carbonyl (C=O) groups excluding carboxylic acids is 1. The standard InChI is InChI=1S/C27H22BrFN6O2/c28-19-5-7-21(8-6-19)35-15-22(24(32-35)14-18-2-1-3-20(29)12-18)27-34(26(36)16-37-27)11-10-17-4-9-23-25(13-17)31-33-30-23/h1-9,12-13,15,27H,10-11,14,16H2,(H,30,31,33). The summed E-state index contributed by atoms with van der Waals surface area (Å²) in [7, 11) is 0. The zero-order valence-electron chi connectivity index (χ0n) is 19.6. The number of hydrogen-bond donors (Lipinski definition) is 1. The summed E-state index contributed by atoms with van der Waals surface area (Å²) < 4.78 is 22.6. The summed E-state index contributed by atoms with van der Waals surface area (Å²) in [4.78, 5) is 14.6. The Balaban J connectivity index is 1.31. The van der Waals surface area contributed by atoms with Crippen LogP contribution in [-0.4, -0.2) is 49.1 Å². The lowest BCUT2D eigenvalue weighted by atomic mass is 10.1. The smallest absolute Gasteiger partial charge is 0.250 e. The van der Waals surface area contributed by atoms with Crippen LogP contribution in [0.25, 0.3) is 16.7 Å². The van der Waals surface area contributed by atoms with Crippen LogP contribution in [0.1, 0.15) is 28.6 Å². The van der Waals surface area contributed by atoms with Gasteiger partial charge in [-0.15, -0.1) is 0 Å². The molecule has 1 saturated heterocycles. The minimum absolute atomic E-state index is 0.00411. The summed E-state index contributed by atoms with van der Waals surface area (Å²) >= 11 is 3.47. The van der Waals surface area contributed by atoms with Crippen molar-refractivity contribution in [2.75, 3.05) is 13.2 Å². The number of benzene rings is 3. The Morgan fingerprint density at radius 2 is 1.86 bits per heavy atom. The molecule has 1 amide bonds. The van der Waals surface area contributed by atoms with Crippen LogP contribution in [-0.2, 0) is 22.4 Å². The van der Waals surface area contributed by atoms with Gasteiger partial charge < -0.3 is 9.64 Å². The highest BCUT2D eigenvalue weighted by Gasteiger charge is 2.35. The fraction of sp³-hybridized carbons (Fsp3) is 0.185. The van der Waals surface area contributed by atoms with Crippen LogP contribution < -0.4 is 0 Å². The molecule has 1 atom stereocenters. The predicted octanol–water partition coefficient (Wildman–Crippen LogP) is 4.74. The largest absolute Gasteiger partial charge is 0.344 e. The van der Waals surface area contributed by atoms with Gasteiger partial charge >= 0.3 is 0 Å². The molecule has 3 aromatic carbocycles. The molecule has 186 valence electrons. The van der Waals surface area contributed by atoms with Crippen molar-refractivity contribution in [3.63, 3.8) is 0 Å². The van der Waals surface area contributed by atoms with E-state index in [9.17, 15) is 9.18 Å². The summed E-state index contributed by atoms with van der Waals surface area (Å²) in [5.41, 5.74) is 5.79. The van der Waals surface area contributed by atoms with Gasteiger partial charge in [0.25, 0.3) is 5.91 Å². The molecular weight excluding hydrogens is 539 g/mol. The number of H-pyrrole nitrogens is 1. The average Bonchev–Trinajstić information content (AvgIpc) is 3.61. The first-order chi connectivity index (χ1) is 18.0. The average molecular weight is 561 g/mol. The van der Waals surface area contributed by atoms with Crippen LogP contribution in [0.5, 0.6) is 0 Å². The summed E-state index contributed by atoms with van der Waals surface area (Å²) in [6.45, 7) is 0.464. The van der Waals surface area contributed by atoms with E-state index in [1.54, 1.807) is 15.6 Å². The highest BCUT2D eigenvalue weighted by atomic mass is 79.9. The molecule has 0 bridgehead atoms. The van der Waals surface area contributed by atoms with Crippen molar-refractivity contribution in [3.8, 4) is 5.69 Å². The van der Waals surface area contributed by atoms with E-state index < -0.39 is 6.23 Å². The lowest BCUT2D eigenvalue weighted by Crippen LogP contribution is -2.31. The minimum atomic E-state index is -0.587. The summed E-state index contributed by atoms with van der Waals surface area (Å²) in [5, 5.41) is 15.7. The van der Waals surface area contributed by atoms with Crippen molar-refractivity contribution < 1.29 is 13.9 Å². The molecule has 3 heterocycles. The van der Waals surface area contributed by atoms with Gasteiger partial charge in [0, 0.05) is 29.2 Å². The number of halogens is 2. The van der Waals surface area contributed by atoms with Crippen LogP contribution in [0.2, 0.25) is 0 Å². The van der Waals surface area contributed by atoms with Crippen LogP contribution in [0.15, 0.2) is 77.4 Å². The maximum Gasteiger partial charge on any atom is 0.250 e. The minimum Gasteiger partial charge on any atom is -0.344 e. The van der Waals surface area contributed by atoms with E-state index in [1.807, 2.05) is 54.7 Å². The summed E-state index contributed by atoms with van der Waals surface area (Å²) in [5.74, 6) is -0.384. The molecule has 37 heavy (non-hydrogen) atoms. The Bertz CT molecular complexity index is 1580. The van der Waals surface area contributed by atoms with E-state index in [0.29, 0.717) is 19.4 Å². The normalized spacial score (nSPS) is 15.7. The predicted molar refractivity (Wildman–Crippen MR) is 138 cm³/mol. The van der Waals surface area contributed by atoms with Gasteiger partial charge in [-0.1, -0.05) is 34.1 Å². The van der Waals surface area contributed by atoms with Gasteiger partial charge in [0.1, 0.15) is 23.5 Å². The van der Waals surface area contributed by atoms with E-state index in [0.717, 1.165) is 43.6 Å². The number of ether oxygens (including phenoxy) is 1. The van der Waals surface area contributed by atoms with Gasteiger partial charge in [0.05, 0.1) is 11.4 Å². The summed E-state index contributed by atoms with van der Waals surface area (Å²) in [6.07, 6.45) is 2.35. The fourth-order valence-corrected chi connectivity index (χ4v) is 4.84. The third-order valence-corrected chi connectivity index (χ3v) is 6.96. The quantitative estimate of drug-likeness (QED) is 0.310. The molecule has 1 N–H and O–H groups in total. The monoisotopic (exact) mass is 560 g/mol. The Hall–Kier alpha value is -3.89. The summed E-state index contributed by atoms with van der Waals surface area (Å²) in [6, 6.07) is 20.1. The molecule has 8 nitrogen and oxygen atoms in total. The Kier molecular flexibility index (Phi) is 6.27. The second-order valence-corrected chi connectivity index (χ2v) is 9.82. The molecule has 1 aliphatic heterocycles. The SMILES string of the molecule is O=C1COC(c2cn(-c3ccc(Br)cc3)nc2Cc2cccc(F)c2)N1CCc1ccc2n[nH]nc2c1. The Labute approximate surface area is 220 Å². The number of rotatable bonds is 7. The number of carbonyl (C=O) groups is 1. The zero-order valence-corrected chi connectivity index (χ0v) is 21.2. The van der Waals surface area contributed by atoms with Crippen LogP contribution in [0.4, 0.5) is 4.39 Å². The number of nitrogens with one attached hydrogen (secondary N) is 1. The van der Waals surface area contributed by atoms with Gasteiger partial charge in [-0.3, -0.25) is 4.79 Å². The number of hydrogen-bond acceptors (Lipinski definition) is 5. The first-order valence-electron chi connectivity index (χ1n) is 11.8. The highest BCUT2D eigenvalue weighted by Crippen LogP contribution is 2.32. The molecule has 0 spiro atoms. The van der Waals surface area contributed by atoms with Gasteiger partial charge in [-0.2, -0.15) is 20.5 Å². The van der Waals surface area contributed by atoms with Crippen LogP contribution in [0.3, 0.4) is 0 Å². The van der Waals surface area contributed by atoms with E-state index >= 15 is 0 Å². The zero-order chi connectivity index (χ0) is 25.4. The number of aromatic nitrogens is 5. The number of amides is 1. The maximum absolute atomic E-state index is 13.9. The van der Waals surface area contributed by atoms with E-state index in [2.05, 4.69) is 31.3 Å². The molecule has 6 rings (SSSR count). The molecule has 0 radical (unpaired) electrons. The van der Waals surface area contributed by atoms with Crippen molar-refractivity contribution in [1.82, 2.24) is 30.1 Å². The number of nitrogens with zero attached hydrogens (tertiary/aromatic N) is 5. The van der Waals surface area contributed by atoms with Gasteiger partial charge in [0.15, 0.2) is 6.23 Å². The third kappa shape index (κ3) is 4.90. The van der Waals surface area contributed by atoms with Crippen molar-refractivity contribution in [2.24, 2.45) is 0 Å². The van der Waals surface area contributed by atoms with Crippen LogP contribution >= 0.6 is 15.9 Å². The molecule has 1 unspecified atom stereocenters. The molecule has 1 fully saturated rings. The molecule has 2 aromatic heterocycles. The van der Waals surface area contributed by atoms with E-state index in [4.69, 9.17) is 9.84 Å². The van der Waals surface area contributed by atoms with Gasteiger partial charge in [0.2, 0.25) is 0 Å². The van der Waals surface area contributed by atoms with E-state index in [1.165, 1.54) is 12.1 Å². The van der Waals surface area contributed by atoms with Crippen molar-refractivity contribution >= 4 is 32.9 Å². The third-order valence-electron chi connectivity index (χ3n) is 6.43. The second kappa shape index (κ2) is 9.87.